The fourth-order valence-corrected chi connectivity index (χ4v) is 3.36. The van der Waals surface area contributed by atoms with Crippen molar-refractivity contribution in [2.75, 3.05) is 7.11 Å². The molecule has 0 aliphatic carbocycles. The van der Waals surface area contributed by atoms with Crippen molar-refractivity contribution in [1.82, 2.24) is 0 Å². The number of methoxy groups -OCH3 is 1. The lowest BCUT2D eigenvalue weighted by Crippen LogP contribution is -2.03. The van der Waals surface area contributed by atoms with Gasteiger partial charge in [-0.3, -0.25) is 0 Å². The van der Waals surface area contributed by atoms with E-state index in [1.54, 1.807) is 17.5 Å². The zero-order chi connectivity index (χ0) is 19.9. The lowest BCUT2D eigenvalue weighted by molar-refractivity contribution is 0.0601. The van der Waals surface area contributed by atoms with Crippen LogP contribution in [0.25, 0.3) is 0 Å². The predicted molar refractivity (Wildman–Crippen MR) is 110 cm³/mol. The summed E-state index contributed by atoms with van der Waals surface area (Å²) >= 11 is 7.14. The first-order chi connectivity index (χ1) is 13.6. The van der Waals surface area contributed by atoms with E-state index in [0.717, 1.165) is 16.7 Å². The van der Waals surface area contributed by atoms with Gasteiger partial charge in [-0.25, -0.2) is 4.79 Å². The minimum atomic E-state index is -0.462. The van der Waals surface area contributed by atoms with Crippen LogP contribution in [0.3, 0.4) is 0 Å². The van der Waals surface area contributed by atoms with Crippen molar-refractivity contribution in [3.8, 4) is 17.6 Å². The van der Waals surface area contributed by atoms with Crippen molar-refractivity contribution in [1.29, 1.82) is 0 Å². The molecule has 28 heavy (non-hydrogen) atoms. The SMILES string of the molecule is COC(=O)c1scc(C#Cc2ccc(CO)cc2)c1OCc1ccc(Cl)cc1. The summed E-state index contributed by atoms with van der Waals surface area (Å²) < 4.78 is 10.8. The number of halogens is 1. The highest BCUT2D eigenvalue weighted by Gasteiger charge is 2.19. The normalized spacial score (nSPS) is 10.1. The van der Waals surface area contributed by atoms with Gasteiger partial charge in [0.05, 0.1) is 19.3 Å². The van der Waals surface area contributed by atoms with E-state index in [9.17, 15) is 4.79 Å². The second-order valence-electron chi connectivity index (χ2n) is 5.82. The highest BCUT2D eigenvalue weighted by Crippen LogP contribution is 2.32. The molecule has 0 saturated carbocycles. The molecule has 2 aromatic carbocycles. The average Bonchev–Trinajstić information content (AvgIpc) is 3.14. The summed E-state index contributed by atoms with van der Waals surface area (Å²) in [5, 5.41) is 11.5. The van der Waals surface area contributed by atoms with E-state index < -0.39 is 5.97 Å². The molecule has 0 unspecified atom stereocenters. The van der Waals surface area contributed by atoms with Crippen LogP contribution in [0.1, 0.15) is 31.9 Å². The average molecular weight is 413 g/mol. The first-order valence-corrected chi connectivity index (χ1v) is 9.65. The molecule has 0 bridgehead atoms. The number of rotatable bonds is 5. The van der Waals surface area contributed by atoms with E-state index in [1.165, 1.54) is 18.4 Å². The van der Waals surface area contributed by atoms with Crippen molar-refractivity contribution in [2.24, 2.45) is 0 Å². The van der Waals surface area contributed by atoms with Gasteiger partial charge < -0.3 is 14.6 Å². The van der Waals surface area contributed by atoms with Crippen LogP contribution in [0.2, 0.25) is 5.02 Å². The third-order valence-electron chi connectivity index (χ3n) is 3.89. The molecular formula is C22H17ClO4S. The van der Waals surface area contributed by atoms with Crippen LogP contribution < -0.4 is 4.74 Å². The maximum absolute atomic E-state index is 12.1. The summed E-state index contributed by atoms with van der Waals surface area (Å²) in [5.74, 6) is 6.06. The van der Waals surface area contributed by atoms with E-state index in [-0.39, 0.29) is 13.2 Å². The van der Waals surface area contributed by atoms with Crippen LogP contribution in [0.15, 0.2) is 53.9 Å². The predicted octanol–water partition coefficient (Wildman–Crippen LogP) is 4.66. The Morgan fingerprint density at radius 1 is 1.07 bits per heavy atom. The van der Waals surface area contributed by atoms with Crippen molar-refractivity contribution < 1.29 is 19.4 Å². The number of carbonyl (C=O) groups excluding carboxylic acids is 1. The summed E-state index contributed by atoms with van der Waals surface area (Å²) in [6.07, 6.45) is 0. The number of hydrogen-bond acceptors (Lipinski definition) is 5. The van der Waals surface area contributed by atoms with Crippen molar-refractivity contribution in [3.63, 3.8) is 0 Å². The van der Waals surface area contributed by atoms with Gasteiger partial charge in [0.25, 0.3) is 0 Å². The van der Waals surface area contributed by atoms with Gasteiger partial charge in [0.2, 0.25) is 0 Å². The molecule has 1 aromatic heterocycles. The number of esters is 1. The Hall–Kier alpha value is -2.78. The van der Waals surface area contributed by atoms with Gasteiger partial charge in [0.1, 0.15) is 6.61 Å². The molecule has 0 saturated heterocycles. The Morgan fingerprint density at radius 2 is 1.75 bits per heavy atom. The molecule has 142 valence electrons. The first kappa shape index (κ1) is 20.0. The lowest BCUT2D eigenvalue weighted by atomic mass is 10.1. The number of hydrogen-bond donors (Lipinski definition) is 1. The van der Waals surface area contributed by atoms with Crippen molar-refractivity contribution >= 4 is 28.9 Å². The van der Waals surface area contributed by atoms with Gasteiger partial charge in [-0.2, -0.15) is 0 Å². The minimum absolute atomic E-state index is 0.0105. The van der Waals surface area contributed by atoms with E-state index in [2.05, 4.69) is 11.8 Å². The Labute approximate surface area is 172 Å². The Balaban J connectivity index is 1.86. The molecule has 1 N–H and O–H groups in total. The Morgan fingerprint density at radius 3 is 2.39 bits per heavy atom. The van der Waals surface area contributed by atoms with Gasteiger partial charge in [-0.1, -0.05) is 47.7 Å². The molecule has 1 heterocycles. The van der Waals surface area contributed by atoms with Crippen LogP contribution >= 0.6 is 22.9 Å². The molecule has 4 nitrogen and oxygen atoms in total. The van der Waals surface area contributed by atoms with Gasteiger partial charge in [0, 0.05) is 16.0 Å². The van der Waals surface area contributed by atoms with E-state index >= 15 is 0 Å². The topological polar surface area (TPSA) is 55.8 Å². The number of aliphatic hydroxyl groups excluding tert-OH is 1. The second-order valence-corrected chi connectivity index (χ2v) is 7.14. The number of ether oxygens (including phenoxy) is 2. The van der Waals surface area contributed by atoms with Crippen molar-refractivity contribution in [2.45, 2.75) is 13.2 Å². The standard InChI is InChI=1S/C22H17ClO4S/c1-26-22(25)21-20(27-13-17-7-10-19(23)11-8-17)18(14-28-21)9-6-15-2-4-16(12-24)5-3-15/h2-5,7-8,10-11,14,24H,12-13H2,1H3. The molecule has 0 atom stereocenters. The molecule has 0 aliphatic rings. The van der Waals surface area contributed by atoms with Gasteiger partial charge in [-0.05, 0) is 35.4 Å². The van der Waals surface area contributed by atoms with Gasteiger partial charge >= 0.3 is 5.97 Å². The number of carbonyl (C=O) groups is 1. The van der Waals surface area contributed by atoms with Crippen LogP contribution in [0, 0.1) is 11.8 Å². The van der Waals surface area contributed by atoms with Crippen LogP contribution in [0.5, 0.6) is 5.75 Å². The smallest absolute Gasteiger partial charge is 0.351 e. The largest absolute Gasteiger partial charge is 0.486 e. The fourth-order valence-electron chi connectivity index (χ4n) is 2.38. The Kier molecular flexibility index (Phi) is 6.72. The summed E-state index contributed by atoms with van der Waals surface area (Å²) in [7, 11) is 1.33. The number of thiophene rings is 1. The molecule has 6 heteroatoms. The van der Waals surface area contributed by atoms with Crippen LogP contribution in [-0.2, 0) is 18.0 Å². The summed E-state index contributed by atoms with van der Waals surface area (Å²) in [5.41, 5.74) is 3.16. The maximum atomic E-state index is 12.1. The van der Waals surface area contributed by atoms with E-state index in [0.29, 0.717) is 21.2 Å². The third-order valence-corrected chi connectivity index (χ3v) is 5.08. The summed E-state index contributed by atoms with van der Waals surface area (Å²) in [6, 6.07) is 14.6. The zero-order valence-corrected chi connectivity index (χ0v) is 16.6. The van der Waals surface area contributed by atoms with Gasteiger partial charge in [-0.15, -0.1) is 11.3 Å². The van der Waals surface area contributed by atoms with Crippen LogP contribution in [-0.4, -0.2) is 18.2 Å². The van der Waals surface area contributed by atoms with Crippen LogP contribution in [0.4, 0.5) is 0 Å². The zero-order valence-electron chi connectivity index (χ0n) is 15.1. The first-order valence-electron chi connectivity index (χ1n) is 8.39. The minimum Gasteiger partial charge on any atom is -0.486 e. The summed E-state index contributed by atoms with van der Waals surface area (Å²) in [4.78, 5) is 12.4. The molecule has 0 amide bonds. The molecule has 0 fully saturated rings. The van der Waals surface area contributed by atoms with Gasteiger partial charge in [0.15, 0.2) is 10.6 Å². The number of benzene rings is 2. The molecule has 0 spiro atoms. The highest BCUT2D eigenvalue weighted by atomic mass is 35.5. The fraction of sp³-hybridized carbons (Fsp3) is 0.136. The quantitative estimate of drug-likeness (QED) is 0.489. The molecule has 0 aliphatic heterocycles. The lowest BCUT2D eigenvalue weighted by Gasteiger charge is -2.08. The summed E-state index contributed by atoms with van der Waals surface area (Å²) in [6.45, 7) is 0.265. The molecular weight excluding hydrogens is 396 g/mol. The Bertz CT molecular complexity index is 1010. The van der Waals surface area contributed by atoms with E-state index in [4.69, 9.17) is 26.2 Å². The molecule has 0 radical (unpaired) electrons. The third kappa shape index (κ3) is 4.93. The van der Waals surface area contributed by atoms with E-state index in [1.807, 2.05) is 36.4 Å². The maximum Gasteiger partial charge on any atom is 0.351 e. The second kappa shape index (κ2) is 9.43. The monoisotopic (exact) mass is 412 g/mol. The van der Waals surface area contributed by atoms with Crippen molar-refractivity contribution in [3.05, 3.63) is 86.1 Å². The number of aliphatic hydroxyl groups is 1. The highest BCUT2D eigenvalue weighted by molar-refractivity contribution is 7.12. The molecule has 3 rings (SSSR count). The molecule has 3 aromatic rings.